The molecule has 3 fully saturated rings. The number of aliphatic carboxylic acids is 1. The highest BCUT2D eigenvalue weighted by molar-refractivity contribution is 5.94. The van der Waals surface area contributed by atoms with Crippen LogP contribution >= 0.6 is 0 Å². The number of ether oxygens (including phenoxy) is 1. The van der Waals surface area contributed by atoms with Crippen LogP contribution < -0.4 is 10.6 Å². The lowest BCUT2D eigenvalue weighted by Gasteiger charge is -2.43. The molecule has 2 aliphatic carbocycles. The fourth-order valence-corrected chi connectivity index (χ4v) is 6.66. The molecule has 0 radical (unpaired) electrons. The smallest absolute Gasteiger partial charge is 0.343 e. The number of piperazine rings is 1. The van der Waals surface area contributed by atoms with Gasteiger partial charge in [-0.3, -0.25) is 19.2 Å². The second-order valence-corrected chi connectivity index (χ2v) is 12.5. The number of carbonyl (C=O) groups excluding carboxylic acids is 2. The molecule has 3 heterocycles. The summed E-state index contributed by atoms with van der Waals surface area (Å²) in [5, 5.41) is 20.3. The van der Waals surface area contributed by atoms with Crippen LogP contribution in [0.15, 0.2) is 18.6 Å². The summed E-state index contributed by atoms with van der Waals surface area (Å²) < 4.78 is 7.12. The van der Waals surface area contributed by atoms with Crippen LogP contribution in [0.2, 0.25) is 0 Å². The summed E-state index contributed by atoms with van der Waals surface area (Å²) in [5.41, 5.74) is 1.08. The van der Waals surface area contributed by atoms with E-state index in [4.69, 9.17) is 4.74 Å². The Morgan fingerprint density at radius 2 is 1.66 bits per heavy atom. The maximum Gasteiger partial charge on any atom is 0.343 e. The Balaban J connectivity index is 1.13. The van der Waals surface area contributed by atoms with E-state index in [1.54, 1.807) is 13.1 Å². The van der Waals surface area contributed by atoms with Crippen molar-refractivity contribution < 1.29 is 24.2 Å². The molecule has 0 aromatic carbocycles. The standard InChI is InChI=1S/C31H46N8O5/c1-4-44-30(43)26-18-32-31(35-24-17-33-39(19-24)20(2)3)36-27(26)34-23-9-11-25(12-10-23)37-13-15-38(16-14-37)28(40)21-5-7-22(8-6-21)29(41)42/h17-23,25H,4-16H2,1-3H3,(H,41,42)(H2,32,34,35,36). The van der Waals surface area contributed by atoms with Crippen LogP contribution in [-0.4, -0.2) is 97.4 Å². The first-order chi connectivity index (χ1) is 21.2. The summed E-state index contributed by atoms with van der Waals surface area (Å²) in [7, 11) is 0. The number of aromatic nitrogens is 4. The molecule has 2 aromatic heterocycles. The van der Waals surface area contributed by atoms with Gasteiger partial charge in [0, 0.05) is 62.6 Å². The average Bonchev–Trinajstić information content (AvgIpc) is 3.50. The minimum Gasteiger partial charge on any atom is -0.481 e. The molecule has 0 atom stereocenters. The molecule has 2 saturated carbocycles. The van der Waals surface area contributed by atoms with Gasteiger partial charge in [-0.05, 0) is 72.1 Å². The number of carboxylic acid groups (broad SMARTS) is 1. The van der Waals surface area contributed by atoms with E-state index >= 15 is 0 Å². The van der Waals surface area contributed by atoms with Gasteiger partial charge in [0.2, 0.25) is 11.9 Å². The van der Waals surface area contributed by atoms with Crippen LogP contribution in [-0.2, 0) is 14.3 Å². The van der Waals surface area contributed by atoms with Crippen molar-refractivity contribution in [1.29, 1.82) is 0 Å². The minimum atomic E-state index is -0.737. The second-order valence-electron chi connectivity index (χ2n) is 12.5. The van der Waals surface area contributed by atoms with E-state index in [1.165, 1.54) is 6.20 Å². The lowest BCUT2D eigenvalue weighted by Crippen LogP contribution is -2.54. The van der Waals surface area contributed by atoms with Crippen molar-refractivity contribution in [2.24, 2.45) is 11.8 Å². The molecule has 1 aliphatic heterocycles. The summed E-state index contributed by atoms with van der Waals surface area (Å²) in [4.78, 5) is 50.6. The summed E-state index contributed by atoms with van der Waals surface area (Å²) in [6.07, 6.45) is 11.6. The summed E-state index contributed by atoms with van der Waals surface area (Å²) in [5.74, 6) is -0.487. The van der Waals surface area contributed by atoms with Gasteiger partial charge in [-0.25, -0.2) is 9.78 Å². The van der Waals surface area contributed by atoms with Crippen LogP contribution in [0.5, 0.6) is 0 Å². The first-order valence-electron chi connectivity index (χ1n) is 16.1. The molecule has 1 saturated heterocycles. The third-order valence-corrected chi connectivity index (χ3v) is 9.28. The lowest BCUT2D eigenvalue weighted by molar-refractivity contribution is -0.146. The number of hydrogen-bond donors (Lipinski definition) is 3. The van der Waals surface area contributed by atoms with E-state index in [2.05, 4.69) is 44.4 Å². The van der Waals surface area contributed by atoms with Crippen molar-refractivity contribution in [3.05, 3.63) is 24.2 Å². The van der Waals surface area contributed by atoms with Crippen molar-refractivity contribution in [3.8, 4) is 0 Å². The molecular weight excluding hydrogens is 564 g/mol. The molecule has 0 unspecified atom stereocenters. The zero-order valence-corrected chi connectivity index (χ0v) is 26.1. The van der Waals surface area contributed by atoms with Crippen LogP contribution in [0.4, 0.5) is 17.5 Å². The largest absolute Gasteiger partial charge is 0.481 e. The Morgan fingerprint density at radius 3 is 2.27 bits per heavy atom. The van der Waals surface area contributed by atoms with Gasteiger partial charge < -0.3 is 25.4 Å². The van der Waals surface area contributed by atoms with E-state index in [-0.39, 0.29) is 36.4 Å². The molecule has 13 nitrogen and oxygen atoms in total. The zero-order valence-electron chi connectivity index (χ0n) is 26.1. The van der Waals surface area contributed by atoms with Crippen LogP contribution in [0.25, 0.3) is 0 Å². The highest BCUT2D eigenvalue weighted by Crippen LogP contribution is 2.32. The average molecular weight is 611 g/mol. The number of amides is 1. The molecule has 5 rings (SSSR count). The summed E-state index contributed by atoms with van der Waals surface area (Å²) in [6, 6.07) is 0.851. The fourth-order valence-electron chi connectivity index (χ4n) is 6.66. The maximum absolute atomic E-state index is 13.1. The minimum absolute atomic E-state index is 0.0339. The third kappa shape index (κ3) is 7.66. The van der Waals surface area contributed by atoms with E-state index in [1.807, 2.05) is 15.8 Å². The zero-order chi connectivity index (χ0) is 31.2. The van der Waals surface area contributed by atoms with E-state index in [9.17, 15) is 19.5 Å². The SMILES string of the molecule is CCOC(=O)c1cnc(Nc2cnn(C(C)C)c2)nc1NC1CCC(N2CCN(C(=O)C3CCC(C(=O)O)CC3)CC2)CC1. The molecule has 3 aliphatic rings. The number of carbonyl (C=O) groups is 3. The summed E-state index contributed by atoms with van der Waals surface area (Å²) >= 11 is 0. The molecule has 2 aromatic rings. The highest BCUT2D eigenvalue weighted by atomic mass is 16.5. The van der Waals surface area contributed by atoms with Gasteiger partial charge in [-0.1, -0.05) is 0 Å². The quantitative estimate of drug-likeness (QED) is 0.335. The van der Waals surface area contributed by atoms with Crippen LogP contribution in [0, 0.1) is 11.8 Å². The number of carboxylic acids is 1. The molecule has 1 amide bonds. The van der Waals surface area contributed by atoms with Gasteiger partial charge in [0.1, 0.15) is 11.4 Å². The van der Waals surface area contributed by atoms with Gasteiger partial charge in [-0.2, -0.15) is 10.1 Å². The first-order valence-corrected chi connectivity index (χ1v) is 16.1. The number of hydrogen-bond acceptors (Lipinski definition) is 10. The van der Waals surface area contributed by atoms with Crippen molar-refractivity contribution in [2.75, 3.05) is 43.4 Å². The normalized spacial score (nSPS) is 24.6. The van der Waals surface area contributed by atoms with Crippen molar-refractivity contribution in [1.82, 2.24) is 29.5 Å². The monoisotopic (exact) mass is 610 g/mol. The lowest BCUT2D eigenvalue weighted by atomic mass is 9.81. The molecule has 3 N–H and O–H groups in total. The Hall–Kier alpha value is -3.74. The van der Waals surface area contributed by atoms with Gasteiger partial charge in [-0.15, -0.1) is 0 Å². The first kappa shape index (κ1) is 31.7. The van der Waals surface area contributed by atoms with Gasteiger partial charge in [0.05, 0.1) is 24.4 Å². The number of rotatable bonds is 10. The molecule has 0 spiro atoms. The van der Waals surface area contributed by atoms with E-state index < -0.39 is 11.9 Å². The highest BCUT2D eigenvalue weighted by Gasteiger charge is 2.35. The Morgan fingerprint density at radius 1 is 0.977 bits per heavy atom. The Kier molecular flexibility index (Phi) is 10.3. The predicted molar refractivity (Wildman–Crippen MR) is 165 cm³/mol. The molecular formula is C31H46N8O5. The number of anilines is 3. The number of nitrogens with zero attached hydrogens (tertiary/aromatic N) is 6. The number of esters is 1. The van der Waals surface area contributed by atoms with Crippen molar-refractivity contribution >= 4 is 35.3 Å². The third-order valence-electron chi connectivity index (χ3n) is 9.28. The maximum atomic E-state index is 13.1. The van der Waals surface area contributed by atoms with Gasteiger partial charge >= 0.3 is 11.9 Å². The van der Waals surface area contributed by atoms with Crippen LogP contribution in [0.3, 0.4) is 0 Å². The Labute approximate surface area is 258 Å². The van der Waals surface area contributed by atoms with Crippen molar-refractivity contribution in [3.63, 3.8) is 0 Å². The van der Waals surface area contributed by atoms with E-state index in [0.717, 1.165) is 57.5 Å². The number of nitrogens with one attached hydrogen (secondary N) is 2. The topological polar surface area (TPSA) is 155 Å². The summed E-state index contributed by atoms with van der Waals surface area (Å²) in [6.45, 7) is 9.33. The van der Waals surface area contributed by atoms with Crippen LogP contribution in [0.1, 0.15) is 88.5 Å². The van der Waals surface area contributed by atoms with Crippen molar-refractivity contribution in [2.45, 2.75) is 90.3 Å². The fraction of sp³-hybridized carbons (Fsp3) is 0.677. The molecule has 13 heteroatoms. The Bertz CT molecular complexity index is 1290. The molecule has 0 bridgehead atoms. The van der Waals surface area contributed by atoms with Gasteiger partial charge in [0.15, 0.2) is 0 Å². The molecule has 44 heavy (non-hydrogen) atoms. The molecule has 240 valence electrons. The van der Waals surface area contributed by atoms with E-state index in [0.29, 0.717) is 49.1 Å². The predicted octanol–water partition coefficient (Wildman–Crippen LogP) is 3.93. The second kappa shape index (κ2) is 14.4. The van der Waals surface area contributed by atoms with Gasteiger partial charge in [0.25, 0.3) is 0 Å².